The van der Waals surface area contributed by atoms with Crippen LogP contribution < -0.4 is 16.6 Å². The summed E-state index contributed by atoms with van der Waals surface area (Å²) in [4.78, 5) is 26.5. The van der Waals surface area contributed by atoms with Gasteiger partial charge in [-0.15, -0.1) is 0 Å². The zero-order valence-corrected chi connectivity index (χ0v) is 8.73. The highest BCUT2D eigenvalue weighted by Gasteiger charge is 2.06. The Morgan fingerprint density at radius 1 is 1.36 bits per heavy atom. The van der Waals surface area contributed by atoms with Crippen molar-refractivity contribution in [2.24, 2.45) is 0 Å². The number of hydrogen-bond acceptors (Lipinski definition) is 3. The van der Waals surface area contributed by atoms with Crippen molar-refractivity contribution in [3.05, 3.63) is 31.6 Å². The van der Waals surface area contributed by atoms with Gasteiger partial charge in [0.25, 0.3) is 5.56 Å². The molecule has 0 aromatic carbocycles. The lowest BCUT2D eigenvalue weighted by molar-refractivity contribution is 0.579. The molecule has 78 valence electrons. The minimum absolute atomic E-state index is 0.0257. The number of rotatable bonds is 3. The highest BCUT2D eigenvalue weighted by Crippen LogP contribution is 2.04. The van der Waals surface area contributed by atoms with Gasteiger partial charge in [0.15, 0.2) is 0 Å². The minimum atomic E-state index is -0.559. The van der Waals surface area contributed by atoms with E-state index in [0.29, 0.717) is 12.2 Å². The van der Waals surface area contributed by atoms with Crippen LogP contribution in [-0.4, -0.2) is 16.0 Å². The van der Waals surface area contributed by atoms with E-state index in [4.69, 9.17) is 11.6 Å². The van der Waals surface area contributed by atoms with Crippen LogP contribution in [0.3, 0.4) is 0 Å². The maximum atomic E-state index is 11.1. The molecule has 1 rings (SSSR count). The highest BCUT2D eigenvalue weighted by molar-refractivity contribution is 6.30. The summed E-state index contributed by atoms with van der Waals surface area (Å²) in [5.41, 5.74) is -0.690. The largest absolute Gasteiger partial charge is 0.326 e. The molecule has 0 amide bonds. The minimum Gasteiger partial charge on any atom is -0.309 e. The number of H-pyrrole nitrogens is 2. The van der Waals surface area contributed by atoms with E-state index in [1.54, 1.807) is 0 Å². The first-order valence-electron chi connectivity index (χ1n) is 4.25. The molecule has 0 fully saturated rings. The Morgan fingerprint density at radius 2 is 2.00 bits per heavy atom. The van der Waals surface area contributed by atoms with Gasteiger partial charge in [-0.2, -0.15) is 0 Å². The van der Waals surface area contributed by atoms with Crippen molar-refractivity contribution >= 4 is 11.6 Å². The maximum Gasteiger partial charge on any atom is 0.326 e. The third kappa shape index (κ3) is 2.71. The molecule has 5 nitrogen and oxygen atoms in total. The molecule has 3 N–H and O–H groups in total. The maximum absolute atomic E-state index is 11.1. The van der Waals surface area contributed by atoms with Gasteiger partial charge >= 0.3 is 5.69 Å². The van der Waals surface area contributed by atoms with Gasteiger partial charge in [-0.25, -0.2) is 4.79 Å². The predicted octanol–water partition coefficient (Wildman–Crippen LogP) is 0.215. The molecule has 0 unspecified atom stereocenters. The van der Waals surface area contributed by atoms with Crippen LogP contribution in [0.15, 0.2) is 9.59 Å². The summed E-state index contributed by atoms with van der Waals surface area (Å²) >= 11 is 5.69. The van der Waals surface area contributed by atoms with Crippen LogP contribution in [0.25, 0.3) is 0 Å². The second-order valence-electron chi connectivity index (χ2n) is 3.24. The van der Waals surface area contributed by atoms with Gasteiger partial charge in [-0.05, 0) is 0 Å². The van der Waals surface area contributed by atoms with Crippen LogP contribution in [0.2, 0.25) is 5.02 Å². The number of nitrogens with one attached hydrogen (secondary N) is 3. The smallest absolute Gasteiger partial charge is 0.309 e. The van der Waals surface area contributed by atoms with E-state index in [1.807, 2.05) is 18.8 Å². The van der Waals surface area contributed by atoms with Gasteiger partial charge in [0, 0.05) is 12.6 Å². The molecule has 0 bridgehead atoms. The van der Waals surface area contributed by atoms with Gasteiger partial charge in [-0.3, -0.25) is 9.78 Å². The first kappa shape index (κ1) is 11.0. The van der Waals surface area contributed by atoms with Gasteiger partial charge in [-0.1, -0.05) is 25.4 Å². The summed E-state index contributed by atoms with van der Waals surface area (Å²) < 4.78 is 0. The quantitative estimate of drug-likeness (QED) is 0.678. The van der Waals surface area contributed by atoms with E-state index in [9.17, 15) is 9.59 Å². The van der Waals surface area contributed by atoms with Crippen molar-refractivity contribution in [3.63, 3.8) is 0 Å². The molecule has 1 aromatic heterocycles. The summed E-state index contributed by atoms with van der Waals surface area (Å²) in [6, 6.07) is 0.258. The number of hydrogen-bond donors (Lipinski definition) is 3. The molecule has 0 saturated heterocycles. The zero-order chi connectivity index (χ0) is 10.7. The van der Waals surface area contributed by atoms with Crippen molar-refractivity contribution < 1.29 is 0 Å². The molecule has 0 aliphatic rings. The van der Waals surface area contributed by atoms with Crippen LogP contribution in [0.4, 0.5) is 0 Å². The molecular weight excluding hydrogens is 206 g/mol. The van der Waals surface area contributed by atoms with E-state index in [-0.39, 0.29) is 11.1 Å². The SMILES string of the molecule is CC(C)NCc1[nH]c(=O)[nH]c(=O)c1Cl. The van der Waals surface area contributed by atoms with Crippen LogP contribution >= 0.6 is 11.6 Å². The van der Waals surface area contributed by atoms with E-state index in [0.717, 1.165) is 0 Å². The summed E-state index contributed by atoms with van der Waals surface area (Å²) in [6.45, 7) is 4.29. The van der Waals surface area contributed by atoms with Gasteiger partial charge in [0.2, 0.25) is 0 Å². The number of halogens is 1. The molecule has 0 atom stereocenters. The Morgan fingerprint density at radius 3 is 2.57 bits per heavy atom. The third-order valence-electron chi connectivity index (χ3n) is 1.64. The average molecular weight is 218 g/mol. The molecule has 0 aliphatic heterocycles. The van der Waals surface area contributed by atoms with Crippen molar-refractivity contribution in [1.29, 1.82) is 0 Å². The lowest BCUT2D eigenvalue weighted by Gasteiger charge is -2.08. The van der Waals surface area contributed by atoms with Gasteiger partial charge < -0.3 is 10.3 Å². The summed E-state index contributed by atoms with van der Waals surface area (Å²) in [6.07, 6.45) is 0. The molecule has 1 heterocycles. The zero-order valence-electron chi connectivity index (χ0n) is 7.98. The van der Waals surface area contributed by atoms with E-state index < -0.39 is 11.2 Å². The van der Waals surface area contributed by atoms with E-state index >= 15 is 0 Å². The first-order valence-corrected chi connectivity index (χ1v) is 4.63. The fourth-order valence-corrected chi connectivity index (χ4v) is 1.11. The van der Waals surface area contributed by atoms with Gasteiger partial charge in [0.05, 0.1) is 5.69 Å². The third-order valence-corrected chi connectivity index (χ3v) is 2.04. The number of aromatic amines is 2. The summed E-state index contributed by atoms with van der Waals surface area (Å²) in [7, 11) is 0. The predicted molar refractivity (Wildman–Crippen MR) is 54.7 cm³/mol. The standard InChI is InChI=1S/C8H12ClN3O2/c1-4(2)10-3-5-6(9)7(13)12-8(14)11-5/h4,10H,3H2,1-2H3,(H2,11,12,13,14). The molecule has 0 aliphatic carbocycles. The van der Waals surface area contributed by atoms with Crippen LogP contribution in [-0.2, 0) is 6.54 Å². The number of aromatic nitrogens is 2. The molecular formula is C8H12ClN3O2. The van der Waals surface area contributed by atoms with Crippen molar-refractivity contribution in [2.45, 2.75) is 26.4 Å². The van der Waals surface area contributed by atoms with E-state index in [2.05, 4.69) is 10.3 Å². The lowest BCUT2D eigenvalue weighted by atomic mass is 10.3. The first-order chi connectivity index (χ1) is 6.50. The summed E-state index contributed by atoms with van der Waals surface area (Å²) in [5.74, 6) is 0. The van der Waals surface area contributed by atoms with Crippen LogP contribution in [0.5, 0.6) is 0 Å². The fourth-order valence-electron chi connectivity index (χ4n) is 0.946. The Bertz CT molecular complexity index is 421. The topological polar surface area (TPSA) is 77.8 Å². The second-order valence-corrected chi connectivity index (χ2v) is 3.61. The Kier molecular flexibility index (Phi) is 3.49. The van der Waals surface area contributed by atoms with Crippen molar-refractivity contribution in [1.82, 2.24) is 15.3 Å². The normalized spacial score (nSPS) is 10.9. The molecule has 0 saturated carbocycles. The molecule has 6 heteroatoms. The molecule has 0 radical (unpaired) electrons. The monoisotopic (exact) mass is 217 g/mol. The van der Waals surface area contributed by atoms with E-state index in [1.165, 1.54) is 0 Å². The lowest BCUT2D eigenvalue weighted by Crippen LogP contribution is -2.29. The van der Waals surface area contributed by atoms with Crippen LogP contribution in [0, 0.1) is 0 Å². The fraction of sp³-hybridized carbons (Fsp3) is 0.500. The summed E-state index contributed by atoms with van der Waals surface area (Å²) in [5, 5.41) is 3.08. The Balaban J connectivity index is 2.97. The molecule has 0 spiro atoms. The average Bonchev–Trinajstić information content (AvgIpc) is 2.08. The van der Waals surface area contributed by atoms with Crippen molar-refractivity contribution in [3.8, 4) is 0 Å². The second kappa shape index (κ2) is 4.43. The Hall–Kier alpha value is -1.07. The van der Waals surface area contributed by atoms with Gasteiger partial charge in [0.1, 0.15) is 5.02 Å². The van der Waals surface area contributed by atoms with Crippen LogP contribution in [0.1, 0.15) is 19.5 Å². The van der Waals surface area contributed by atoms with Crippen molar-refractivity contribution in [2.75, 3.05) is 0 Å². The Labute approximate surface area is 85.5 Å². The molecule has 1 aromatic rings. The highest BCUT2D eigenvalue weighted by atomic mass is 35.5. The molecule has 14 heavy (non-hydrogen) atoms.